The first-order chi connectivity index (χ1) is 7.20. The number of piperazine rings is 1. The molecule has 1 aliphatic heterocycles. The number of nitrogens with one attached hydrogen (secondary N) is 1. The number of carbonyl (C=O) groups excluding carboxylic acids is 3. The van der Waals surface area contributed by atoms with Crippen LogP contribution in [0.2, 0.25) is 0 Å². The predicted octanol–water partition coefficient (Wildman–Crippen LogP) is -1.01. The second-order valence-corrected chi connectivity index (χ2v) is 4.78. The van der Waals surface area contributed by atoms with Crippen LogP contribution in [-0.4, -0.2) is 40.7 Å². The maximum Gasteiger partial charge on any atom is 0.249 e. The number of nitrogens with two attached hydrogens (primary N) is 1. The first-order valence-corrected chi connectivity index (χ1v) is 5.13. The van der Waals surface area contributed by atoms with E-state index in [2.05, 4.69) is 5.32 Å². The molecule has 16 heavy (non-hydrogen) atoms. The van der Waals surface area contributed by atoms with E-state index in [0.717, 1.165) is 0 Å². The highest BCUT2D eigenvalue weighted by molar-refractivity contribution is 6.04. The van der Waals surface area contributed by atoms with Crippen molar-refractivity contribution in [3.63, 3.8) is 0 Å². The van der Waals surface area contributed by atoms with Crippen molar-refractivity contribution >= 4 is 17.7 Å². The Morgan fingerprint density at radius 2 is 2.12 bits per heavy atom. The molecule has 1 heterocycles. The zero-order valence-electron chi connectivity index (χ0n) is 9.74. The summed E-state index contributed by atoms with van der Waals surface area (Å²) in [5, 5.41) is 2.17. The minimum atomic E-state index is -0.645. The van der Waals surface area contributed by atoms with Gasteiger partial charge in [0, 0.05) is 12.0 Å². The predicted molar refractivity (Wildman–Crippen MR) is 57.2 cm³/mol. The molecule has 0 aliphatic carbocycles. The van der Waals surface area contributed by atoms with Gasteiger partial charge in [0.05, 0.1) is 0 Å². The number of amides is 3. The molecule has 0 saturated carbocycles. The fourth-order valence-electron chi connectivity index (χ4n) is 1.51. The quantitative estimate of drug-likeness (QED) is 0.591. The van der Waals surface area contributed by atoms with Crippen molar-refractivity contribution in [2.24, 2.45) is 5.73 Å². The van der Waals surface area contributed by atoms with Gasteiger partial charge in [-0.1, -0.05) is 0 Å². The van der Waals surface area contributed by atoms with E-state index < -0.39 is 23.4 Å². The third-order valence-electron chi connectivity index (χ3n) is 2.35. The molecule has 1 aliphatic rings. The molecule has 1 saturated heterocycles. The summed E-state index contributed by atoms with van der Waals surface area (Å²) >= 11 is 0. The Labute approximate surface area is 94.2 Å². The van der Waals surface area contributed by atoms with Crippen molar-refractivity contribution in [3.05, 3.63) is 0 Å². The van der Waals surface area contributed by atoms with Crippen LogP contribution >= 0.6 is 0 Å². The normalized spacial score (nSPS) is 22.0. The third kappa shape index (κ3) is 3.03. The Morgan fingerprint density at radius 1 is 1.56 bits per heavy atom. The van der Waals surface area contributed by atoms with Gasteiger partial charge in [-0.2, -0.15) is 0 Å². The smallest absolute Gasteiger partial charge is 0.249 e. The molecule has 0 radical (unpaired) electrons. The number of rotatable bonds is 2. The van der Waals surface area contributed by atoms with Gasteiger partial charge >= 0.3 is 0 Å². The highest BCUT2D eigenvalue weighted by atomic mass is 16.2. The van der Waals surface area contributed by atoms with Crippen LogP contribution in [0.15, 0.2) is 0 Å². The van der Waals surface area contributed by atoms with Crippen molar-refractivity contribution in [1.29, 1.82) is 0 Å². The molecule has 1 rings (SSSR count). The Balaban J connectivity index is 2.74. The molecule has 1 unspecified atom stereocenters. The molecular weight excluding hydrogens is 210 g/mol. The van der Waals surface area contributed by atoms with Crippen molar-refractivity contribution in [2.45, 2.75) is 38.8 Å². The minimum Gasteiger partial charge on any atom is -0.325 e. The Hall–Kier alpha value is -1.43. The monoisotopic (exact) mass is 227 g/mol. The van der Waals surface area contributed by atoms with Crippen molar-refractivity contribution in [1.82, 2.24) is 10.2 Å². The average Bonchev–Trinajstić information content (AvgIpc) is 2.08. The lowest BCUT2D eigenvalue weighted by Gasteiger charge is -2.33. The highest BCUT2D eigenvalue weighted by Gasteiger charge is 2.34. The number of hydrogen-bond acceptors (Lipinski definition) is 4. The Kier molecular flexibility index (Phi) is 3.32. The summed E-state index contributed by atoms with van der Waals surface area (Å²) in [5.41, 5.74) is 5.08. The standard InChI is InChI=1S/C10H17N3O3/c1-6-9(16)12-7(14)5-13(6)8(15)4-10(2,3)11/h6H,4-5,11H2,1-3H3,(H,12,14,16). The third-order valence-corrected chi connectivity index (χ3v) is 2.35. The summed E-state index contributed by atoms with van der Waals surface area (Å²) in [6, 6.07) is -0.618. The van der Waals surface area contributed by atoms with Crippen LogP contribution in [0.4, 0.5) is 0 Å². The average molecular weight is 227 g/mol. The zero-order chi connectivity index (χ0) is 12.5. The molecule has 0 aromatic rings. The fourth-order valence-corrected chi connectivity index (χ4v) is 1.51. The first kappa shape index (κ1) is 12.6. The van der Waals surface area contributed by atoms with E-state index in [-0.39, 0.29) is 18.9 Å². The van der Waals surface area contributed by atoms with Gasteiger partial charge < -0.3 is 10.6 Å². The van der Waals surface area contributed by atoms with E-state index >= 15 is 0 Å². The van der Waals surface area contributed by atoms with Crippen LogP contribution in [0, 0.1) is 0 Å². The molecule has 0 spiro atoms. The van der Waals surface area contributed by atoms with Crippen LogP contribution < -0.4 is 11.1 Å². The summed E-state index contributed by atoms with van der Waals surface area (Å²) in [4.78, 5) is 35.6. The molecule has 3 amide bonds. The first-order valence-electron chi connectivity index (χ1n) is 5.13. The maximum atomic E-state index is 11.8. The van der Waals surface area contributed by atoms with E-state index in [1.54, 1.807) is 20.8 Å². The van der Waals surface area contributed by atoms with Crippen LogP contribution in [0.1, 0.15) is 27.2 Å². The second kappa shape index (κ2) is 4.21. The molecule has 1 atom stereocenters. The van der Waals surface area contributed by atoms with Gasteiger partial charge in [0.2, 0.25) is 17.7 Å². The minimum absolute atomic E-state index is 0.0815. The molecule has 1 fully saturated rings. The number of imide groups is 1. The van der Waals surface area contributed by atoms with Gasteiger partial charge in [-0.3, -0.25) is 19.7 Å². The van der Waals surface area contributed by atoms with E-state index in [0.29, 0.717) is 0 Å². The zero-order valence-corrected chi connectivity index (χ0v) is 9.74. The summed E-state index contributed by atoms with van der Waals surface area (Å²) in [5.74, 6) is -1.17. The van der Waals surface area contributed by atoms with Gasteiger partial charge in [0.25, 0.3) is 0 Å². The Bertz CT molecular complexity index is 333. The molecular formula is C10H17N3O3. The maximum absolute atomic E-state index is 11.8. The summed E-state index contributed by atoms with van der Waals surface area (Å²) in [6.07, 6.45) is 0.109. The Morgan fingerprint density at radius 3 is 2.62 bits per heavy atom. The molecule has 6 heteroatoms. The SMILES string of the molecule is CC1C(=O)NC(=O)CN1C(=O)CC(C)(C)N. The van der Waals surface area contributed by atoms with Crippen molar-refractivity contribution < 1.29 is 14.4 Å². The topological polar surface area (TPSA) is 92.5 Å². The van der Waals surface area contributed by atoms with Gasteiger partial charge in [0.15, 0.2) is 0 Å². The van der Waals surface area contributed by atoms with Gasteiger partial charge in [-0.15, -0.1) is 0 Å². The highest BCUT2D eigenvalue weighted by Crippen LogP contribution is 2.12. The van der Waals surface area contributed by atoms with Gasteiger partial charge in [-0.25, -0.2) is 0 Å². The van der Waals surface area contributed by atoms with Crippen LogP contribution in [0.5, 0.6) is 0 Å². The van der Waals surface area contributed by atoms with Gasteiger partial charge in [-0.05, 0) is 20.8 Å². The van der Waals surface area contributed by atoms with E-state index in [9.17, 15) is 14.4 Å². The molecule has 0 aromatic carbocycles. The molecule has 3 N–H and O–H groups in total. The van der Waals surface area contributed by atoms with Crippen LogP contribution in [-0.2, 0) is 14.4 Å². The number of carbonyl (C=O) groups is 3. The lowest BCUT2D eigenvalue weighted by Crippen LogP contribution is -2.59. The molecule has 0 aromatic heterocycles. The lowest BCUT2D eigenvalue weighted by molar-refractivity contribution is -0.149. The summed E-state index contributed by atoms with van der Waals surface area (Å²) < 4.78 is 0. The van der Waals surface area contributed by atoms with Gasteiger partial charge in [0.1, 0.15) is 12.6 Å². The van der Waals surface area contributed by atoms with Crippen molar-refractivity contribution in [3.8, 4) is 0 Å². The number of nitrogens with zero attached hydrogens (tertiary/aromatic N) is 1. The van der Waals surface area contributed by atoms with Crippen LogP contribution in [0.3, 0.4) is 0 Å². The molecule has 6 nitrogen and oxygen atoms in total. The number of hydrogen-bond donors (Lipinski definition) is 2. The summed E-state index contributed by atoms with van der Waals surface area (Å²) in [6.45, 7) is 4.95. The van der Waals surface area contributed by atoms with Crippen molar-refractivity contribution in [2.75, 3.05) is 6.54 Å². The second-order valence-electron chi connectivity index (χ2n) is 4.78. The van der Waals surface area contributed by atoms with E-state index in [1.165, 1.54) is 4.90 Å². The summed E-state index contributed by atoms with van der Waals surface area (Å²) in [7, 11) is 0. The molecule has 0 bridgehead atoms. The fraction of sp³-hybridized carbons (Fsp3) is 0.700. The lowest BCUT2D eigenvalue weighted by atomic mass is 10.0. The largest absolute Gasteiger partial charge is 0.325 e. The van der Waals surface area contributed by atoms with E-state index in [4.69, 9.17) is 5.73 Å². The van der Waals surface area contributed by atoms with Crippen LogP contribution in [0.25, 0.3) is 0 Å². The van der Waals surface area contributed by atoms with E-state index in [1.807, 2.05) is 0 Å². The molecule has 90 valence electrons.